The second kappa shape index (κ2) is 6.16. The van der Waals surface area contributed by atoms with E-state index >= 15 is 0 Å². The van der Waals surface area contributed by atoms with Gasteiger partial charge >= 0.3 is 5.97 Å². The maximum atomic E-state index is 10.7. The highest BCUT2D eigenvalue weighted by molar-refractivity contribution is 5.87. The standard InChI is InChI=1S/C13H17O3/c1-3-6-11(4-2)16-12-8-5-7-10(9-12)13(14)15/h5,7-9,11H,3-4,6H2,1-2H3. The Kier molecular flexibility index (Phi) is 4.83. The minimum absolute atomic E-state index is 0.155. The van der Waals surface area contributed by atoms with Crippen LogP contribution in [0, 0.1) is 0 Å². The van der Waals surface area contributed by atoms with Crippen LogP contribution in [0.25, 0.3) is 0 Å². The first-order valence-corrected chi connectivity index (χ1v) is 5.65. The van der Waals surface area contributed by atoms with Crippen molar-refractivity contribution in [1.29, 1.82) is 0 Å². The third-order valence-corrected chi connectivity index (χ3v) is 2.44. The Bertz CT molecular complexity index is 347. The monoisotopic (exact) mass is 221 g/mol. The molecule has 1 atom stereocenters. The van der Waals surface area contributed by atoms with E-state index in [2.05, 4.69) is 13.8 Å². The maximum Gasteiger partial charge on any atom is 0.386 e. The summed E-state index contributed by atoms with van der Waals surface area (Å²) < 4.78 is 5.70. The predicted molar refractivity (Wildman–Crippen MR) is 61.1 cm³/mol. The van der Waals surface area contributed by atoms with E-state index in [0.717, 1.165) is 19.3 Å². The van der Waals surface area contributed by atoms with Crippen LogP contribution in [0.4, 0.5) is 0 Å². The van der Waals surface area contributed by atoms with Crippen molar-refractivity contribution in [3.8, 4) is 5.75 Å². The summed E-state index contributed by atoms with van der Waals surface area (Å²) in [5, 5.41) is 10.7. The molecule has 0 bridgehead atoms. The predicted octanol–water partition coefficient (Wildman–Crippen LogP) is 3.21. The van der Waals surface area contributed by atoms with Gasteiger partial charge in [0.2, 0.25) is 0 Å². The van der Waals surface area contributed by atoms with Crippen molar-refractivity contribution < 1.29 is 14.6 Å². The molecule has 3 heteroatoms. The summed E-state index contributed by atoms with van der Waals surface area (Å²) in [5.74, 6) is -0.573. The van der Waals surface area contributed by atoms with Crippen molar-refractivity contribution in [2.24, 2.45) is 0 Å². The highest BCUT2D eigenvalue weighted by Gasteiger charge is 2.09. The average molecular weight is 221 g/mol. The molecule has 0 aromatic heterocycles. The molecule has 0 aliphatic carbocycles. The molecule has 1 aromatic carbocycles. The zero-order chi connectivity index (χ0) is 12.0. The van der Waals surface area contributed by atoms with Gasteiger partial charge < -0.3 is 4.74 Å². The van der Waals surface area contributed by atoms with Gasteiger partial charge in [-0.1, -0.05) is 26.3 Å². The highest BCUT2D eigenvalue weighted by atomic mass is 16.5. The van der Waals surface area contributed by atoms with Crippen molar-refractivity contribution in [3.63, 3.8) is 0 Å². The van der Waals surface area contributed by atoms with Gasteiger partial charge in [0, 0.05) is 0 Å². The fourth-order valence-electron chi connectivity index (χ4n) is 1.56. The summed E-state index contributed by atoms with van der Waals surface area (Å²) in [6.45, 7) is 4.16. The summed E-state index contributed by atoms with van der Waals surface area (Å²) in [5.41, 5.74) is 0.156. The van der Waals surface area contributed by atoms with Gasteiger partial charge in [0.15, 0.2) is 0 Å². The lowest BCUT2D eigenvalue weighted by molar-refractivity contribution is 0.0572. The summed E-state index contributed by atoms with van der Waals surface area (Å²) in [7, 11) is 0. The van der Waals surface area contributed by atoms with E-state index in [1.54, 1.807) is 12.1 Å². The Balaban J connectivity index is 2.72. The number of hydrogen-bond acceptors (Lipinski definition) is 2. The van der Waals surface area contributed by atoms with Crippen LogP contribution in [-0.4, -0.2) is 12.1 Å². The molecule has 0 fully saturated rings. The molecule has 0 heterocycles. The SMILES string of the molecule is CCCC(CC)Oc1cccc(C([O])=O)c1. The molecule has 0 amide bonds. The van der Waals surface area contributed by atoms with Crippen LogP contribution in [0.15, 0.2) is 24.3 Å². The molecule has 1 radical (unpaired) electrons. The Morgan fingerprint density at radius 3 is 2.69 bits per heavy atom. The lowest BCUT2D eigenvalue weighted by Gasteiger charge is -2.16. The van der Waals surface area contributed by atoms with Crippen LogP contribution in [-0.2, 0) is 5.11 Å². The summed E-state index contributed by atoms with van der Waals surface area (Å²) >= 11 is 0. The van der Waals surface area contributed by atoms with Gasteiger partial charge in [-0.2, -0.15) is 0 Å². The maximum absolute atomic E-state index is 10.7. The van der Waals surface area contributed by atoms with Crippen LogP contribution < -0.4 is 4.74 Å². The van der Waals surface area contributed by atoms with Crippen molar-refractivity contribution in [2.75, 3.05) is 0 Å². The Morgan fingerprint density at radius 1 is 1.38 bits per heavy atom. The van der Waals surface area contributed by atoms with E-state index in [1.807, 2.05) is 0 Å². The zero-order valence-corrected chi connectivity index (χ0v) is 9.73. The second-order valence-electron chi connectivity index (χ2n) is 3.75. The van der Waals surface area contributed by atoms with Gasteiger partial charge in [-0.25, -0.2) is 9.90 Å². The first kappa shape index (κ1) is 12.6. The number of carbonyl (C=O) groups is 1. The fourth-order valence-corrected chi connectivity index (χ4v) is 1.56. The lowest BCUT2D eigenvalue weighted by Crippen LogP contribution is -2.14. The Hall–Kier alpha value is -1.51. The van der Waals surface area contributed by atoms with Gasteiger partial charge in [0.1, 0.15) is 5.75 Å². The third kappa shape index (κ3) is 3.57. The molecule has 3 nitrogen and oxygen atoms in total. The molecule has 1 rings (SSSR count). The number of rotatable bonds is 6. The summed E-state index contributed by atoms with van der Waals surface area (Å²) in [6.07, 6.45) is 3.11. The van der Waals surface area contributed by atoms with Gasteiger partial charge in [-0.05, 0) is 31.0 Å². The molecule has 16 heavy (non-hydrogen) atoms. The first-order chi connectivity index (χ1) is 7.67. The fraction of sp³-hybridized carbons (Fsp3) is 0.462. The largest absolute Gasteiger partial charge is 0.490 e. The van der Waals surface area contributed by atoms with Crippen LogP contribution in [0.2, 0.25) is 0 Å². The van der Waals surface area contributed by atoms with E-state index in [1.165, 1.54) is 12.1 Å². The van der Waals surface area contributed by atoms with E-state index in [9.17, 15) is 9.90 Å². The topological polar surface area (TPSA) is 46.2 Å². The van der Waals surface area contributed by atoms with Gasteiger partial charge in [0.05, 0.1) is 11.7 Å². The first-order valence-electron chi connectivity index (χ1n) is 5.65. The van der Waals surface area contributed by atoms with Crippen LogP contribution in [0.1, 0.15) is 43.5 Å². The molecule has 0 aliphatic heterocycles. The quantitative estimate of drug-likeness (QED) is 0.740. The average Bonchev–Trinajstić information content (AvgIpc) is 2.29. The second-order valence-corrected chi connectivity index (χ2v) is 3.75. The van der Waals surface area contributed by atoms with Crippen LogP contribution >= 0.6 is 0 Å². The van der Waals surface area contributed by atoms with Crippen molar-refractivity contribution in [2.45, 2.75) is 39.2 Å². The van der Waals surface area contributed by atoms with Gasteiger partial charge in [-0.15, -0.1) is 0 Å². The smallest absolute Gasteiger partial charge is 0.386 e. The molecular formula is C13H17O3. The van der Waals surface area contributed by atoms with Crippen molar-refractivity contribution in [3.05, 3.63) is 29.8 Å². The highest BCUT2D eigenvalue weighted by Crippen LogP contribution is 2.18. The van der Waals surface area contributed by atoms with E-state index in [0.29, 0.717) is 5.75 Å². The molecule has 0 saturated heterocycles. The van der Waals surface area contributed by atoms with Crippen molar-refractivity contribution in [1.82, 2.24) is 0 Å². The minimum atomic E-state index is -1.17. The Morgan fingerprint density at radius 2 is 2.12 bits per heavy atom. The van der Waals surface area contributed by atoms with Crippen molar-refractivity contribution >= 4 is 5.97 Å². The molecule has 0 N–H and O–H groups in total. The van der Waals surface area contributed by atoms with E-state index in [-0.39, 0.29) is 11.7 Å². The van der Waals surface area contributed by atoms with E-state index in [4.69, 9.17) is 4.74 Å². The number of benzene rings is 1. The molecule has 0 aliphatic rings. The van der Waals surface area contributed by atoms with Gasteiger partial charge in [-0.3, -0.25) is 0 Å². The number of hydrogen-bond donors (Lipinski definition) is 0. The summed E-state index contributed by atoms with van der Waals surface area (Å²) in [6, 6.07) is 6.44. The molecule has 1 aromatic rings. The molecule has 0 spiro atoms. The van der Waals surface area contributed by atoms with Gasteiger partial charge in [0.25, 0.3) is 0 Å². The number of ether oxygens (including phenoxy) is 1. The normalized spacial score (nSPS) is 12.1. The Labute approximate surface area is 96.1 Å². The van der Waals surface area contributed by atoms with Crippen LogP contribution in [0.3, 0.4) is 0 Å². The summed E-state index contributed by atoms with van der Waals surface area (Å²) in [4.78, 5) is 10.7. The number of carbonyl (C=O) groups excluding carboxylic acids is 1. The molecule has 1 unspecified atom stereocenters. The molecule has 0 saturated carbocycles. The molecular weight excluding hydrogens is 204 g/mol. The zero-order valence-electron chi connectivity index (χ0n) is 9.73. The van der Waals surface area contributed by atoms with E-state index < -0.39 is 5.97 Å². The van der Waals surface area contributed by atoms with Crippen LogP contribution in [0.5, 0.6) is 5.75 Å². The molecule has 87 valence electrons. The minimum Gasteiger partial charge on any atom is -0.490 e. The third-order valence-electron chi connectivity index (χ3n) is 2.44. The lowest BCUT2D eigenvalue weighted by atomic mass is 10.1.